The molecule has 0 saturated carbocycles. The van der Waals surface area contributed by atoms with E-state index in [4.69, 9.17) is 0 Å². The molecule has 0 aromatic heterocycles. The largest absolute Gasteiger partial charge is 0.298 e. The predicted octanol–water partition coefficient (Wildman–Crippen LogP) is 5.73. The monoisotopic (exact) mass is 370 g/mol. The lowest BCUT2D eigenvalue weighted by molar-refractivity contribution is 0.111. The summed E-state index contributed by atoms with van der Waals surface area (Å²) in [5.74, 6) is 0. The van der Waals surface area contributed by atoms with Crippen molar-refractivity contribution < 1.29 is 9.59 Å². The molecule has 0 aliphatic rings. The van der Waals surface area contributed by atoms with Gasteiger partial charge >= 0.3 is 0 Å². The number of aldehydes is 2. The normalized spacial score (nSPS) is 10.7. The maximum Gasteiger partial charge on any atom is 0.150 e. The zero-order chi connectivity index (χ0) is 20.3. The van der Waals surface area contributed by atoms with Crippen LogP contribution in [0.1, 0.15) is 65.2 Å². The molecule has 0 atom stereocenters. The Hall–Kier alpha value is -3.00. The van der Waals surface area contributed by atoms with Gasteiger partial charge in [-0.15, -0.1) is 0 Å². The van der Waals surface area contributed by atoms with Crippen molar-refractivity contribution in [3.05, 3.63) is 104 Å². The van der Waals surface area contributed by atoms with Gasteiger partial charge in [-0.3, -0.25) is 9.59 Å². The average molecular weight is 370 g/mol. The fourth-order valence-corrected chi connectivity index (χ4v) is 3.72. The van der Waals surface area contributed by atoms with Crippen LogP contribution >= 0.6 is 0 Å². The van der Waals surface area contributed by atoms with Crippen LogP contribution in [-0.2, 0) is 12.8 Å². The van der Waals surface area contributed by atoms with Gasteiger partial charge < -0.3 is 0 Å². The minimum absolute atomic E-state index is 0.753. The van der Waals surface area contributed by atoms with Crippen LogP contribution in [-0.4, -0.2) is 12.6 Å². The molecule has 0 fully saturated rings. The highest BCUT2D eigenvalue weighted by atomic mass is 16.1. The molecular weight excluding hydrogens is 344 g/mol. The Kier molecular flexibility index (Phi) is 5.89. The van der Waals surface area contributed by atoms with Crippen molar-refractivity contribution >= 4 is 12.6 Å². The van der Waals surface area contributed by atoms with E-state index in [-0.39, 0.29) is 0 Å². The molecule has 3 aromatic rings. The number of hydrogen-bond acceptors (Lipinski definition) is 2. The lowest BCUT2D eigenvalue weighted by Crippen LogP contribution is -2.00. The summed E-state index contributed by atoms with van der Waals surface area (Å²) in [5, 5.41) is 0. The summed E-state index contributed by atoms with van der Waals surface area (Å²) in [6, 6.07) is 16.6. The van der Waals surface area contributed by atoms with Gasteiger partial charge in [0.05, 0.1) is 0 Å². The second-order valence-corrected chi connectivity index (χ2v) is 7.68. The lowest BCUT2D eigenvalue weighted by atomic mass is 9.91. The van der Waals surface area contributed by atoms with Crippen LogP contribution in [0.4, 0.5) is 0 Å². The van der Waals surface area contributed by atoms with E-state index in [1.54, 1.807) is 0 Å². The summed E-state index contributed by atoms with van der Waals surface area (Å²) < 4.78 is 0. The second kappa shape index (κ2) is 8.35. The minimum atomic E-state index is 0.753. The second-order valence-electron chi connectivity index (χ2n) is 7.68. The molecule has 0 spiro atoms. The maximum absolute atomic E-state index is 11.0. The maximum atomic E-state index is 11.0. The van der Waals surface area contributed by atoms with E-state index in [9.17, 15) is 9.59 Å². The van der Waals surface area contributed by atoms with Crippen LogP contribution < -0.4 is 0 Å². The minimum Gasteiger partial charge on any atom is -0.298 e. The highest BCUT2D eigenvalue weighted by Crippen LogP contribution is 2.23. The molecule has 3 aromatic carbocycles. The Labute approximate surface area is 167 Å². The first-order chi connectivity index (χ1) is 13.4. The van der Waals surface area contributed by atoms with Crippen LogP contribution in [0, 0.1) is 27.7 Å². The van der Waals surface area contributed by atoms with E-state index in [1.165, 1.54) is 33.4 Å². The number of benzene rings is 3. The van der Waals surface area contributed by atoms with Crippen molar-refractivity contribution in [2.75, 3.05) is 0 Å². The zero-order valence-electron chi connectivity index (χ0n) is 17.0. The van der Waals surface area contributed by atoms with E-state index < -0.39 is 0 Å². The molecule has 0 aliphatic carbocycles. The summed E-state index contributed by atoms with van der Waals surface area (Å²) in [6.45, 7) is 8.27. The Bertz CT molecular complexity index is 959. The van der Waals surface area contributed by atoms with Gasteiger partial charge in [-0.2, -0.15) is 0 Å². The number of hydrogen-bond donors (Lipinski definition) is 0. The van der Waals surface area contributed by atoms with Gasteiger partial charge in [0.15, 0.2) is 0 Å². The summed E-state index contributed by atoms with van der Waals surface area (Å²) in [7, 11) is 0. The molecule has 0 heterocycles. The molecular formula is C26H26O2. The molecule has 0 bridgehead atoms. The van der Waals surface area contributed by atoms with Gasteiger partial charge in [0.2, 0.25) is 0 Å². The summed E-state index contributed by atoms with van der Waals surface area (Å²) in [6.07, 6.45) is 3.54. The number of carbonyl (C=O) groups is 2. The lowest BCUT2D eigenvalue weighted by Gasteiger charge is -2.14. The molecule has 0 radical (unpaired) electrons. The standard InChI is InChI=1S/C26H26O2/c1-17-9-21(5-7-23(17)15-27)13-25-11-20(4)26(12-19(25)3)14-22-6-8-24(16-28)18(2)10-22/h5-12,15-16H,13-14H2,1-4H3. The molecule has 142 valence electrons. The fourth-order valence-electron chi connectivity index (χ4n) is 3.72. The molecule has 2 heteroatoms. The summed E-state index contributed by atoms with van der Waals surface area (Å²) in [5.41, 5.74) is 11.2. The van der Waals surface area contributed by atoms with Gasteiger partial charge in [0.1, 0.15) is 12.6 Å². The zero-order valence-corrected chi connectivity index (χ0v) is 17.0. The van der Waals surface area contributed by atoms with Crippen molar-refractivity contribution in [2.45, 2.75) is 40.5 Å². The van der Waals surface area contributed by atoms with E-state index in [0.29, 0.717) is 0 Å². The molecule has 0 amide bonds. The Morgan fingerprint density at radius 2 is 0.964 bits per heavy atom. The first-order valence-corrected chi connectivity index (χ1v) is 9.59. The smallest absolute Gasteiger partial charge is 0.150 e. The molecule has 0 saturated heterocycles. The topological polar surface area (TPSA) is 34.1 Å². The van der Waals surface area contributed by atoms with Crippen molar-refractivity contribution in [2.24, 2.45) is 0 Å². The summed E-state index contributed by atoms with van der Waals surface area (Å²) in [4.78, 5) is 22.0. The Morgan fingerprint density at radius 3 is 1.29 bits per heavy atom. The molecule has 28 heavy (non-hydrogen) atoms. The van der Waals surface area contributed by atoms with Crippen molar-refractivity contribution in [3.63, 3.8) is 0 Å². The van der Waals surface area contributed by atoms with Crippen molar-refractivity contribution in [3.8, 4) is 0 Å². The fraction of sp³-hybridized carbons (Fsp3) is 0.231. The van der Waals surface area contributed by atoms with Gasteiger partial charge in [-0.05, 0) is 85.0 Å². The van der Waals surface area contributed by atoms with Crippen LogP contribution in [0.25, 0.3) is 0 Å². The molecule has 3 rings (SSSR count). The quantitative estimate of drug-likeness (QED) is 0.520. The van der Waals surface area contributed by atoms with Crippen LogP contribution in [0.5, 0.6) is 0 Å². The highest BCUT2D eigenvalue weighted by Gasteiger charge is 2.09. The van der Waals surface area contributed by atoms with Crippen molar-refractivity contribution in [1.29, 1.82) is 0 Å². The van der Waals surface area contributed by atoms with Crippen LogP contribution in [0.2, 0.25) is 0 Å². The van der Waals surface area contributed by atoms with Crippen LogP contribution in [0.3, 0.4) is 0 Å². The SMILES string of the molecule is Cc1cc(Cc2cc(C)c(Cc3ccc(C=O)c(C)c3)cc2C)ccc1C=O. The van der Waals surface area contributed by atoms with E-state index in [0.717, 1.165) is 47.7 Å². The third-order valence-electron chi connectivity index (χ3n) is 5.51. The molecule has 0 unspecified atom stereocenters. The Morgan fingerprint density at radius 1 is 0.571 bits per heavy atom. The number of aryl methyl sites for hydroxylation is 4. The van der Waals surface area contributed by atoms with Gasteiger partial charge in [0, 0.05) is 11.1 Å². The number of carbonyl (C=O) groups excluding carboxylic acids is 2. The highest BCUT2D eigenvalue weighted by molar-refractivity contribution is 5.77. The van der Waals surface area contributed by atoms with E-state index >= 15 is 0 Å². The van der Waals surface area contributed by atoms with Gasteiger partial charge in [-0.25, -0.2) is 0 Å². The van der Waals surface area contributed by atoms with Crippen LogP contribution in [0.15, 0.2) is 48.5 Å². The third-order valence-corrected chi connectivity index (χ3v) is 5.51. The number of rotatable bonds is 6. The first-order valence-electron chi connectivity index (χ1n) is 9.59. The predicted molar refractivity (Wildman–Crippen MR) is 115 cm³/mol. The molecule has 2 nitrogen and oxygen atoms in total. The van der Waals surface area contributed by atoms with Gasteiger partial charge in [-0.1, -0.05) is 48.5 Å². The first kappa shape index (κ1) is 19.8. The van der Waals surface area contributed by atoms with E-state index in [1.807, 2.05) is 38.1 Å². The summed E-state index contributed by atoms with van der Waals surface area (Å²) >= 11 is 0. The van der Waals surface area contributed by atoms with E-state index in [2.05, 4.69) is 38.1 Å². The molecule has 0 N–H and O–H groups in total. The van der Waals surface area contributed by atoms with Crippen molar-refractivity contribution in [1.82, 2.24) is 0 Å². The average Bonchev–Trinajstić information content (AvgIpc) is 2.66. The Balaban J connectivity index is 1.84. The molecule has 0 aliphatic heterocycles. The third kappa shape index (κ3) is 4.28. The van der Waals surface area contributed by atoms with Gasteiger partial charge in [0.25, 0.3) is 0 Å².